The molecule has 0 aliphatic carbocycles. The van der Waals surface area contributed by atoms with Crippen molar-refractivity contribution < 1.29 is 14.3 Å². The second-order valence-corrected chi connectivity index (χ2v) is 6.65. The Kier molecular flexibility index (Phi) is 5.50. The summed E-state index contributed by atoms with van der Waals surface area (Å²) in [5.74, 6) is 0.365. The van der Waals surface area contributed by atoms with Gasteiger partial charge in [-0.05, 0) is 26.7 Å². The van der Waals surface area contributed by atoms with Crippen LogP contribution in [-0.4, -0.2) is 34.5 Å². The summed E-state index contributed by atoms with van der Waals surface area (Å²) in [7, 11) is 0. The molecule has 20 heavy (non-hydrogen) atoms. The first-order valence-corrected chi connectivity index (χ1v) is 7.21. The smallest absolute Gasteiger partial charge is 0.429 e. The summed E-state index contributed by atoms with van der Waals surface area (Å²) >= 11 is 1.44. The highest BCUT2D eigenvalue weighted by Gasteiger charge is 2.22. The number of hydrogen-bond donors (Lipinski definition) is 1. The monoisotopic (exact) mass is 299 g/mol. The van der Waals surface area contributed by atoms with E-state index in [4.69, 9.17) is 4.74 Å². The van der Waals surface area contributed by atoms with E-state index in [9.17, 15) is 9.59 Å². The van der Waals surface area contributed by atoms with E-state index in [0.29, 0.717) is 17.3 Å². The van der Waals surface area contributed by atoms with Gasteiger partial charge in [-0.25, -0.2) is 14.8 Å². The van der Waals surface area contributed by atoms with Crippen molar-refractivity contribution in [3.63, 3.8) is 0 Å². The van der Waals surface area contributed by atoms with Crippen LogP contribution < -0.4 is 5.43 Å². The van der Waals surface area contributed by atoms with Gasteiger partial charge in [0.05, 0.1) is 0 Å². The van der Waals surface area contributed by atoms with Crippen LogP contribution in [0.4, 0.5) is 9.93 Å². The molecule has 112 valence electrons. The number of carbonyl (C=O) groups excluding carboxylic acids is 2. The molecule has 0 aromatic carbocycles. The lowest BCUT2D eigenvalue weighted by molar-refractivity contribution is -0.108. The summed E-state index contributed by atoms with van der Waals surface area (Å²) in [6, 6.07) is 0. The Morgan fingerprint density at radius 1 is 1.55 bits per heavy atom. The fraction of sp³-hybridized carbons (Fsp3) is 0.615. The second kappa shape index (κ2) is 6.69. The van der Waals surface area contributed by atoms with E-state index in [0.717, 1.165) is 9.89 Å². The van der Waals surface area contributed by atoms with Crippen LogP contribution >= 0.6 is 11.3 Å². The highest BCUT2D eigenvalue weighted by molar-refractivity contribution is 7.15. The van der Waals surface area contributed by atoms with Gasteiger partial charge in [0.1, 0.15) is 18.4 Å². The number of aromatic nitrogens is 1. The third-order valence-corrected chi connectivity index (χ3v) is 3.40. The van der Waals surface area contributed by atoms with E-state index in [2.05, 4.69) is 24.3 Å². The van der Waals surface area contributed by atoms with Gasteiger partial charge in [0.15, 0.2) is 0 Å². The van der Waals surface area contributed by atoms with E-state index in [1.165, 1.54) is 11.3 Å². The molecule has 0 aliphatic rings. The maximum absolute atomic E-state index is 12.0. The number of nitrogens with zero attached hydrogens (tertiary/aromatic N) is 2. The third-order valence-electron chi connectivity index (χ3n) is 2.19. The standard InChI is InChI=1S/C13H21N3O3S/c1-9(2)10-8-14-11(20-10)15-16(6-7-17)12(18)19-13(3,4)5/h7-9H,6H2,1-5H3,(H,14,15). The molecule has 0 fully saturated rings. The number of ether oxygens (including phenoxy) is 1. The van der Waals surface area contributed by atoms with E-state index >= 15 is 0 Å². The lowest BCUT2D eigenvalue weighted by atomic mass is 10.2. The Morgan fingerprint density at radius 3 is 2.65 bits per heavy atom. The average molecular weight is 299 g/mol. The number of hydrogen-bond acceptors (Lipinski definition) is 6. The van der Waals surface area contributed by atoms with Gasteiger partial charge >= 0.3 is 6.09 Å². The van der Waals surface area contributed by atoms with Gasteiger partial charge in [-0.15, -0.1) is 11.3 Å². The number of rotatable bonds is 5. The van der Waals surface area contributed by atoms with Gasteiger partial charge in [-0.1, -0.05) is 13.8 Å². The fourth-order valence-corrected chi connectivity index (χ4v) is 2.10. The lowest BCUT2D eigenvalue weighted by Crippen LogP contribution is -2.41. The Bertz CT molecular complexity index is 466. The van der Waals surface area contributed by atoms with E-state index < -0.39 is 11.7 Å². The van der Waals surface area contributed by atoms with Crippen molar-refractivity contribution in [2.75, 3.05) is 12.0 Å². The zero-order valence-corrected chi connectivity index (χ0v) is 13.3. The van der Waals surface area contributed by atoms with Crippen LogP contribution in [0, 0.1) is 0 Å². The van der Waals surface area contributed by atoms with Gasteiger partial charge < -0.3 is 9.53 Å². The summed E-state index contributed by atoms with van der Waals surface area (Å²) in [4.78, 5) is 27.9. The molecule has 1 aromatic heterocycles. The zero-order chi connectivity index (χ0) is 15.3. The molecule has 7 heteroatoms. The number of carbonyl (C=O) groups is 2. The molecule has 0 atom stereocenters. The number of aldehydes is 1. The first-order chi connectivity index (χ1) is 9.23. The van der Waals surface area contributed by atoms with Crippen molar-refractivity contribution in [3.05, 3.63) is 11.1 Å². The van der Waals surface area contributed by atoms with Crippen molar-refractivity contribution in [2.45, 2.75) is 46.1 Å². The number of amides is 1. The SMILES string of the molecule is CC(C)c1cnc(NN(CC=O)C(=O)OC(C)(C)C)s1. The maximum atomic E-state index is 12.0. The molecular weight excluding hydrogens is 278 g/mol. The quantitative estimate of drug-likeness (QED) is 0.668. The summed E-state index contributed by atoms with van der Waals surface area (Å²) < 4.78 is 5.22. The van der Waals surface area contributed by atoms with Crippen LogP contribution in [0.5, 0.6) is 0 Å². The average Bonchev–Trinajstić information content (AvgIpc) is 2.74. The van der Waals surface area contributed by atoms with Crippen LogP contribution in [0.1, 0.15) is 45.4 Å². The normalized spacial score (nSPS) is 11.3. The van der Waals surface area contributed by atoms with Crippen molar-refractivity contribution in [1.29, 1.82) is 0 Å². The molecule has 0 radical (unpaired) electrons. The van der Waals surface area contributed by atoms with Crippen molar-refractivity contribution in [2.24, 2.45) is 0 Å². The van der Waals surface area contributed by atoms with E-state index in [1.54, 1.807) is 27.0 Å². The van der Waals surface area contributed by atoms with Crippen LogP contribution in [0.2, 0.25) is 0 Å². The van der Waals surface area contributed by atoms with Gasteiger partial charge in [0, 0.05) is 11.1 Å². The van der Waals surface area contributed by atoms with E-state index in [-0.39, 0.29) is 6.54 Å². The zero-order valence-electron chi connectivity index (χ0n) is 12.5. The van der Waals surface area contributed by atoms with Gasteiger partial charge in [-0.2, -0.15) is 0 Å². The Morgan fingerprint density at radius 2 is 2.20 bits per heavy atom. The first-order valence-electron chi connectivity index (χ1n) is 6.39. The van der Waals surface area contributed by atoms with Crippen molar-refractivity contribution in [3.8, 4) is 0 Å². The van der Waals surface area contributed by atoms with Crippen LogP contribution in [0.15, 0.2) is 6.20 Å². The number of hydrazine groups is 1. The highest BCUT2D eigenvalue weighted by Crippen LogP contribution is 2.25. The molecule has 1 rings (SSSR count). The minimum atomic E-state index is -0.619. The molecule has 1 N–H and O–H groups in total. The number of nitrogens with one attached hydrogen (secondary N) is 1. The molecule has 0 aliphatic heterocycles. The third kappa shape index (κ3) is 5.16. The molecule has 6 nitrogen and oxygen atoms in total. The Hall–Kier alpha value is -1.63. The summed E-state index contributed by atoms with van der Waals surface area (Å²) in [6.07, 6.45) is 1.78. The molecule has 0 spiro atoms. The maximum Gasteiger partial charge on any atom is 0.429 e. The van der Waals surface area contributed by atoms with Gasteiger partial charge in [-0.3, -0.25) is 5.43 Å². The summed E-state index contributed by atoms with van der Waals surface area (Å²) in [6.45, 7) is 9.33. The van der Waals surface area contributed by atoms with Crippen LogP contribution in [0.25, 0.3) is 0 Å². The Labute approximate surface area is 123 Å². The van der Waals surface area contributed by atoms with Crippen molar-refractivity contribution in [1.82, 2.24) is 9.99 Å². The molecule has 1 aromatic rings. The molecule has 0 unspecified atom stereocenters. The predicted molar refractivity (Wildman–Crippen MR) is 78.8 cm³/mol. The minimum Gasteiger partial charge on any atom is -0.442 e. The molecule has 0 saturated carbocycles. The van der Waals surface area contributed by atoms with Gasteiger partial charge in [0.2, 0.25) is 5.13 Å². The molecule has 0 saturated heterocycles. The van der Waals surface area contributed by atoms with Crippen LogP contribution in [-0.2, 0) is 9.53 Å². The summed E-state index contributed by atoms with van der Waals surface area (Å²) in [5.41, 5.74) is 2.19. The largest absolute Gasteiger partial charge is 0.442 e. The minimum absolute atomic E-state index is 0.106. The van der Waals surface area contributed by atoms with Crippen molar-refractivity contribution >= 4 is 28.8 Å². The second-order valence-electron chi connectivity index (χ2n) is 5.59. The number of anilines is 1. The highest BCUT2D eigenvalue weighted by atomic mass is 32.1. The van der Waals surface area contributed by atoms with Crippen LogP contribution in [0.3, 0.4) is 0 Å². The topological polar surface area (TPSA) is 71.5 Å². The number of thiazole rings is 1. The summed E-state index contributed by atoms with van der Waals surface area (Å²) in [5, 5.41) is 1.67. The predicted octanol–water partition coefficient (Wildman–Crippen LogP) is 3.03. The fourth-order valence-electron chi connectivity index (χ4n) is 1.28. The molecule has 0 bridgehead atoms. The van der Waals surface area contributed by atoms with Gasteiger partial charge in [0.25, 0.3) is 0 Å². The Balaban J connectivity index is 2.75. The van der Waals surface area contributed by atoms with E-state index in [1.807, 2.05) is 0 Å². The first kappa shape index (κ1) is 16.4. The molecule has 1 amide bonds. The lowest BCUT2D eigenvalue weighted by Gasteiger charge is -2.26. The molecular formula is C13H21N3O3S. The molecule has 1 heterocycles.